The minimum Gasteiger partial charge on any atom is -0.285 e. The summed E-state index contributed by atoms with van der Waals surface area (Å²) < 4.78 is 53.3. The molecule has 0 rings (SSSR count). The number of rotatable bonds is 2. The maximum absolute atomic E-state index is 9.81. The Kier molecular flexibility index (Phi) is 7.47. The molecule has 0 bridgehead atoms. The standard InChI is InChI=1S/2C2H6O3S2/c2*1-2(6)7(3,4)5/h2*2,6H,1H3,(H,3,4,5). The van der Waals surface area contributed by atoms with Gasteiger partial charge in [-0.1, -0.05) is 0 Å². The summed E-state index contributed by atoms with van der Waals surface area (Å²) >= 11 is 6.88. The third-order valence-electron chi connectivity index (χ3n) is 0.862. The van der Waals surface area contributed by atoms with Gasteiger partial charge < -0.3 is 0 Å². The molecule has 0 saturated heterocycles. The summed E-state index contributed by atoms with van der Waals surface area (Å²) in [7, 11) is -7.75. The Labute approximate surface area is 94.4 Å². The van der Waals surface area contributed by atoms with Crippen molar-refractivity contribution in [3.8, 4) is 0 Å². The smallest absolute Gasteiger partial charge is 0.276 e. The molecule has 2 atom stereocenters. The molecule has 0 amide bonds. The number of hydrogen-bond acceptors (Lipinski definition) is 6. The average Bonchev–Trinajstić information content (AvgIpc) is 1.83. The molecule has 0 aromatic rings. The predicted octanol–water partition coefficient (Wildman–Crippen LogP) is 0.300. The van der Waals surface area contributed by atoms with Crippen LogP contribution in [0.3, 0.4) is 0 Å². The topological polar surface area (TPSA) is 109 Å². The van der Waals surface area contributed by atoms with Crippen molar-refractivity contribution in [3.05, 3.63) is 0 Å². The summed E-state index contributed by atoms with van der Waals surface area (Å²) in [6, 6.07) is 0. The van der Waals surface area contributed by atoms with Crippen LogP contribution in [0.15, 0.2) is 0 Å². The van der Waals surface area contributed by atoms with Gasteiger partial charge in [-0.05, 0) is 13.8 Å². The highest BCUT2D eigenvalue weighted by molar-refractivity contribution is 8.02. The minimum atomic E-state index is -3.88. The first-order valence-electron chi connectivity index (χ1n) is 3.17. The Hall–Kier alpha value is 0.520. The summed E-state index contributed by atoms with van der Waals surface area (Å²) in [6.07, 6.45) is 0. The van der Waals surface area contributed by atoms with E-state index in [9.17, 15) is 16.8 Å². The first-order valence-corrected chi connectivity index (χ1v) is 7.21. The monoisotopic (exact) mass is 284 g/mol. The first-order chi connectivity index (χ1) is 5.89. The van der Waals surface area contributed by atoms with Crippen molar-refractivity contribution in [1.82, 2.24) is 0 Å². The second-order valence-electron chi connectivity index (χ2n) is 2.23. The van der Waals surface area contributed by atoms with Crippen LogP contribution in [-0.2, 0) is 20.2 Å². The predicted molar refractivity (Wildman–Crippen MR) is 60.0 cm³/mol. The normalized spacial score (nSPS) is 16.4. The van der Waals surface area contributed by atoms with E-state index < -0.39 is 29.4 Å². The average molecular weight is 284 g/mol. The molecule has 14 heavy (non-hydrogen) atoms. The van der Waals surface area contributed by atoms with E-state index in [1.54, 1.807) is 0 Å². The van der Waals surface area contributed by atoms with Gasteiger partial charge >= 0.3 is 0 Å². The van der Waals surface area contributed by atoms with Crippen LogP contribution in [0.1, 0.15) is 13.8 Å². The highest BCUT2D eigenvalue weighted by Gasteiger charge is 2.10. The molecule has 0 aliphatic carbocycles. The van der Waals surface area contributed by atoms with E-state index in [1.165, 1.54) is 13.8 Å². The molecule has 0 saturated carbocycles. The maximum atomic E-state index is 9.81. The lowest BCUT2D eigenvalue weighted by Crippen LogP contribution is -2.08. The van der Waals surface area contributed by atoms with E-state index in [-0.39, 0.29) is 0 Å². The minimum absolute atomic E-state index is 0.979. The van der Waals surface area contributed by atoms with Crippen molar-refractivity contribution < 1.29 is 25.9 Å². The number of hydrogen-bond donors (Lipinski definition) is 4. The Morgan fingerprint density at radius 2 is 0.929 bits per heavy atom. The van der Waals surface area contributed by atoms with Gasteiger partial charge in [0.05, 0.1) is 0 Å². The van der Waals surface area contributed by atoms with Gasteiger partial charge in [-0.2, -0.15) is 42.1 Å². The number of thiol groups is 2. The summed E-state index contributed by atoms with van der Waals surface area (Å²) in [5.41, 5.74) is 0. The van der Waals surface area contributed by atoms with Gasteiger partial charge in [-0.3, -0.25) is 9.11 Å². The highest BCUT2D eigenvalue weighted by atomic mass is 32.3. The highest BCUT2D eigenvalue weighted by Crippen LogP contribution is 1.99. The zero-order valence-electron chi connectivity index (χ0n) is 7.39. The van der Waals surface area contributed by atoms with Crippen molar-refractivity contribution in [2.24, 2.45) is 0 Å². The third-order valence-corrected chi connectivity index (χ3v) is 4.18. The molecule has 0 aromatic heterocycles. The largest absolute Gasteiger partial charge is 0.285 e. The molecule has 0 aromatic carbocycles. The van der Waals surface area contributed by atoms with Crippen molar-refractivity contribution in [1.29, 1.82) is 0 Å². The van der Waals surface area contributed by atoms with Crippen molar-refractivity contribution in [2.75, 3.05) is 0 Å². The van der Waals surface area contributed by atoms with Crippen LogP contribution in [-0.4, -0.2) is 35.1 Å². The Morgan fingerprint density at radius 1 is 0.857 bits per heavy atom. The molecule has 0 fully saturated rings. The second kappa shape index (κ2) is 6.18. The fourth-order valence-electron chi connectivity index (χ4n) is 0. The van der Waals surface area contributed by atoms with Crippen LogP contribution in [0, 0.1) is 0 Å². The summed E-state index contributed by atoms with van der Waals surface area (Å²) in [4.78, 5) is 0. The van der Waals surface area contributed by atoms with Crippen LogP contribution in [0.25, 0.3) is 0 Å². The van der Waals surface area contributed by atoms with Crippen molar-refractivity contribution >= 4 is 45.5 Å². The van der Waals surface area contributed by atoms with Gasteiger partial charge in [-0.15, -0.1) is 0 Å². The van der Waals surface area contributed by atoms with Gasteiger partial charge in [0.1, 0.15) is 9.16 Å². The van der Waals surface area contributed by atoms with E-state index in [1.807, 2.05) is 0 Å². The molecule has 0 radical (unpaired) electrons. The molecule has 0 aliphatic heterocycles. The lowest BCUT2D eigenvalue weighted by molar-refractivity contribution is 0.480. The molecule has 2 unspecified atom stereocenters. The van der Waals surface area contributed by atoms with E-state index in [2.05, 4.69) is 25.3 Å². The fourth-order valence-corrected chi connectivity index (χ4v) is 0. The molecular formula is C4H12O6S4. The molecule has 0 aliphatic rings. The van der Waals surface area contributed by atoms with Gasteiger partial charge in [0.2, 0.25) is 0 Å². The van der Waals surface area contributed by atoms with E-state index >= 15 is 0 Å². The van der Waals surface area contributed by atoms with Crippen LogP contribution in [0.2, 0.25) is 0 Å². The lowest BCUT2D eigenvalue weighted by Gasteiger charge is -1.93. The molecule has 0 heterocycles. The van der Waals surface area contributed by atoms with Gasteiger partial charge in [0.25, 0.3) is 20.2 Å². The fraction of sp³-hybridized carbons (Fsp3) is 1.00. The molecule has 88 valence electrons. The Bertz CT molecular complexity index is 302. The molecular weight excluding hydrogens is 272 g/mol. The van der Waals surface area contributed by atoms with Gasteiger partial charge in [0.15, 0.2) is 0 Å². The van der Waals surface area contributed by atoms with Crippen LogP contribution >= 0.6 is 25.3 Å². The summed E-state index contributed by atoms with van der Waals surface area (Å²) in [5, 5.41) is 0. The first kappa shape index (κ1) is 16.9. The van der Waals surface area contributed by atoms with Crippen molar-refractivity contribution in [3.63, 3.8) is 0 Å². The van der Waals surface area contributed by atoms with E-state index in [4.69, 9.17) is 9.11 Å². The second-order valence-corrected chi connectivity index (χ2v) is 7.95. The molecule has 0 spiro atoms. The van der Waals surface area contributed by atoms with Crippen LogP contribution < -0.4 is 0 Å². The lowest BCUT2D eigenvalue weighted by atomic mass is 11.0. The quantitative estimate of drug-likeness (QED) is 0.429. The summed E-state index contributed by atoms with van der Waals surface area (Å²) in [5.74, 6) is 0. The van der Waals surface area contributed by atoms with Gasteiger partial charge in [-0.25, -0.2) is 0 Å². The van der Waals surface area contributed by atoms with Gasteiger partial charge in [0, 0.05) is 0 Å². The van der Waals surface area contributed by atoms with E-state index in [0.29, 0.717) is 0 Å². The maximum Gasteiger partial charge on any atom is 0.276 e. The summed E-state index contributed by atoms with van der Waals surface area (Å²) in [6.45, 7) is 2.55. The third kappa shape index (κ3) is 10.6. The zero-order valence-corrected chi connectivity index (χ0v) is 10.8. The van der Waals surface area contributed by atoms with Crippen molar-refractivity contribution in [2.45, 2.75) is 23.0 Å². The SMILES string of the molecule is CC(S)S(=O)(=O)O.CC(S)S(=O)(=O)O. The molecule has 6 nitrogen and oxygen atoms in total. The Balaban J connectivity index is 0. The molecule has 2 N–H and O–H groups in total. The van der Waals surface area contributed by atoms with Crippen LogP contribution in [0.4, 0.5) is 0 Å². The van der Waals surface area contributed by atoms with E-state index in [0.717, 1.165) is 0 Å². The zero-order chi connectivity index (χ0) is 12.2. The Morgan fingerprint density at radius 3 is 0.929 bits per heavy atom. The molecule has 10 heteroatoms. The van der Waals surface area contributed by atoms with Crippen LogP contribution in [0.5, 0.6) is 0 Å².